The maximum absolute atomic E-state index is 4.33. The zero-order valence-corrected chi connectivity index (χ0v) is 8.27. The lowest BCUT2D eigenvalue weighted by Crippen LogP contribution is -2.35. The first-order valence-corrected chi connectivity index (χ1v) is 4.30. The summed E-state index contributed by atoms with van der Waals surface area (Å²) < 4.78 is 1.07. The smallest absolute Gasteiger partial charge is 0.105 e. The van der Waals surface area contributed by atoms with Gasteiger partial charge in [0.05, 0.1) is 0 Å². The molecule has 0 fully saturated rings. The van der Waals surface area contributed by atoms with Crippen LogP contribution >= 0.6 is 15.9 Å². The summed E-state index contributed by atoms with van der Waals surface area (Å²) in [7, 11) is 0. The third-order valence-corrected chi connectivity index (χ3v) is 2.09. The van der Waals surface area contributed by atoms with Gasteiger partial charge in [-0.25, -0.2) is 0 Å². The van der Waals surface area contributed by atoms with Gasteiger partial charge >= 0.3 is 0 Å². The third-order valence-electron chi connectivity index (χ3n) is 1.53. The van der Waals surface area contributed by atoms with E-state index in [1.54, 1.807) is 0 Å². The molecule has 0 atom stereocenters. The molecule has 58 valence electrons. The van der Waals surface area contributed by atoms with E-state index in [1.807, 2.05) is 0 Å². The summed E-state index contributed by atoms with van der Waals surface area (Å²) in [5, 5.41) is 6.43. The lowest BCUT2D eigenvalue weighted by molar-refractivity contribution is 0.161. The normalized spacial score (nSPS) is 19.6. The summed E-state index contributed by atoms with van der Waals surface area (Å²) in [5.74, 6) is 0. The first-order chi connectivity index (χ1) is 4.50. The second kappa shape index (κ2) is 2.53. The van der Waals surface area contributed by atoms with Crippen LogP contribution in [-0.2, 0) is 0 Å². The number of hydrogen-bond donors (Lipinski definition) is 0. The Morgan fingerprint density at radius 2 is 2.10 bits per heavy atom. The molecule has 1 aliphatic heterocycles. The van der Waals surface area contributed by atoms with E-state index < -0.39 is 0 Å². The maximum Gasteiger partial charge on any atom is 0.105 e. The Labute approximate surface area is 70.4 Å². The van der Waals surface area contributed by atoms with E-state index in [0.717, 1.165) is 17.6 Å². The first kappa shape index (κ1) is 8.05. The van der Waals surface area contributed by atoms with Gasteiger partial charge in [0.15, 0.2) is 0 Å². The van der Waals surface area contributed by atoms with Gasteiger partial charge in [0, 0.05) is 18.5 Å². The molecule has 0 unspecified atom stereocenters. The van der Waals surface area contributed by atoms with Crippen LogP contribution in [0, 0.1) is 0 Å². The molecule has 0 bridgehead atoms. The largest absolute Gasteiger partial charge is 0.291 e. The van der Waals surface area contributed by atoms with E-state index >= 15 is 0 Å². The minimum atomic E-state index is 0.176. The lowest BCUT2D eigenvalue weighted by Gasteiger charge is -2.29. The van der Waals surface area contributed by atoms with Crippen LogP contribution in [0.1, 0.15) is 27.2 Å². The molecule has 0 aromatic carbocycles. The van der Waals surface area contributed by atoms with Crippen molar-refractivity contribution in [3.8, 4) is 0 Å². The Kier molecular flexibility index (Phi) is 2.04. The molecule has 1 heterocycles. The molecule has 0 saturated carbocycles. The zero-order valence-electron chi connectivity index (χ0n) is 6.69. The molecule has 1 rings (SSSR count). The number of hydrazone groups is 1. The van der Waals surface area contributed by atoms with Gasteiger partial charge in [-0.05, 0) is 36.7 Å². The highest BCUT2D eigenvalue weighted by Crippen LogP contribution is 2.20. The number of nitrogens with zero attached hydrogens (tertiary/aromatic N) is 2. The summed E-state index contributed by atoms with van der Waals surface area (Å²) in [4.78, 5) is 0. The molecular weight excluding hydrogens is 192 g/mol. The molecule has 0 N–H and O–H groups in total. The van der Waals surface area contributed by atoms with Gasteiger partial charge in [0.1, 0.15) is 4.62 Å². The van der Waals surface area contributed by atoms with Gasteiger partial charge in [-0.2, -0.15) is 5.10 Å². The third kappa shape index (κ3) is 1.72. The summed E-state index contributed by atoms with van der Waals surface area (Å²) in [6, 6.07) is 0. The predicted octanol–water partition coefficient (Wildman–Crippen LogP) is 2.20. The highest BCUT2D eigenvalue weighted by molar-refractivity contribution is 9.18. The monoisotopic (exact) mass is 204 g/mol. The van der Waals surface area contributed by atoms with Gasteiger partial charge in [-0.1, -0.05) is 0 Å². The maximum atomic E-state index is 4.33. The molecule has 0 aromatic rings. The van der Waals surface area contributed by atoms with Crippen LogP contribution in [0.15, 0.2) is 5.10 Å². The summed E-state index contributed by atoms with van der Waals surface area (Å²) in [6.45, 7) is 7.55. The average molecular weight is 205 g/mol. The van der Waals surface area contributed by atoms with Crippen LogP contribution < -0.4 is 0 Å². The van der Waals surface area contributed by atoms with Crippen molar-refractivity contribution in [3.05, 3.63) is 0 Å². The van der Waals surface area contributed by atoms with Crippen LogP contribution in [0.25, 0.3) is 0 Å². The van der Waals surface area contributed by atoms with Crippen LogP contribution in [0.2, 0.25) is 0 Å². The molecule has 3 heteroatoms. The zero-order chi connectivity index (χ0) is 7.78. The van der Waals surface area contributed by atoms with E-state index in [9.17, 15) is 0 Å². The van der Waals surface area contributed by atoms with Gasteiger partial charge in [0.2, 0.25) is 0 Å². The SMILES string of the molecule is CC(C)(C)N1CCC(Br)=N1. The molecule has 0 saturated heterocycles. The summed E-state index contributed by atoms with van der Waals surface area (Å²) in [6.07, 6.45) is 1.05. The summed E-state index contributed by atoms with van der Waals surface area (Å²) in [5.41, 5.74) is 0.176. The standard InChI is InChI=1S/C7H13BrN2/c1-7(2,3)10-5-4-6(8)9-10/h4-5H2,1-3H3. The fourth-order valence-electron chi connectivity index (χ4n) is 0.915. The van der Waals surface area contributed by atoms with Crippen molar-refractivity contribution >= 4 is 20.6 Å². The molecule has 0 spiro atoms. The molecule has 0 amide bonds. The van der Waals surface area contributed by atoms with E-state index in [-0.39, 0.29) is 5.54 Å². The Morgan fingerprint density at radius 1 is 1.50 bits per heavy atom. The van der Waals surface area contributed by atoms with E-state index in [2.05, 4.69) is 46.8 Å². The summed E-state index contributed by atoms with van der Waals surface area (Å²) >= 11 is 3.38. The van der Waals surface area contributed by atoms with Crippen molar-refractivity contribution in [2.24, 2.45) is 5.10 Å². The Bertz CT molecular complexity index is 157. The second-order valence-electron chi connectivity index (χ2n) is 3.52. The van der Waals surface area contributed by atoms with Crippen molar-refractivity contribution in [1.29, 1.82) is 0 Å². The van der Waals surface area contributed by atoms with Crippen molar-refractivity contribution in [2.75, 3.05) is 6.54 Å². The van der Waals surface area contributed by atoms with E-state index in [4.69, 9.17) is 0 Å². The lowest BCUT2D eigenvalue weighted by atomic mass is 10.1. The quantitative estimate of drug-likeness (QED) is 0.591. The number of halogens is 1. The topological polar surface area (TPSA) is 15.6 Å². The van der Waals surface area contributed by atoms with Crippen LogP contribution in [0.4, 0.5) is 0 Å². The average Bonchev–Trinajstić information content (AvgIpc) is 2.11. The van der Waals surface area contributed by atoms with Crippen molar-refractivity contribution in [2.45, 2.75) is 32.7 Å². The fourth-order valence-corrected chi connectivity index (χ4v) is 1.28. The highest BCUT2D eigenvalue weighted by atomic mass is 79.9. The van der Waals surface area contributed by atoms with Gasteiger partial charge < -0.3 is 0 Å². The molecule has 0 aromatic heterocycles. The Hall–Kier alpha value is -0.0500. The van der Waals surface area contributed by atoms with Crippen LogP contribution in [-0.4, -0.2) is 21.7 Å². The molecule has 1 aliphatic rings. The molecular formula is C7H13BrN2. The number of hydrogen-bond acceptors (Lipinski definition) is 2. The van der Waals surface area contributed by atoms with Crippen LogP contribution in [0.5, 0.6) is 0 Å². The second-order valence-corrected chi connectivity index (χ2v) is 4.44. The van der Waals surface area contributed by atoms with Gasteiger partial charge in [-0.15, -0.1) is 0 Å². The van der Waals surface area contributed by atoms with E-state index in [0.29, 0.717) is 0 Å². The molecule has 0 radical (unpaired) electrons. The fraction of sp³-hybridized carbons (Fsp3) is 0.857. The van der Waals surface area contributed by atoms with Gasteiger partial charge in [0.25, 0.3) is 0 Å². The highest BCUT2D eigenvalue weighted by Gasteiger charge is 2.23. The number of rotatable bonds is 0. The van der Waals surface area contributed by atoms with Gasteiger partial charge in [-0.3, -0.25) is 5.01 Å². The van der Waals surface area contributed by atoms with Crippen molar-refractivity contribution in [3.63, 3.8) is 0 Å². The molecule has 10 heavy (non-hydrogen) atoms. The Morgan fingerprint density at radius 3 is 2.30 bits per heavy atom. The predicted molar refractivity (Wildman–Crippen MR) is 47.4 cm³/mol. The minimum absolute atomic E-state index is 0.176. The molecule has 0 aliphatic carbocycles. The first-order valence-electron chi connectivity index (χ1n) is 3.51. The van der Waals surface area contributed by atoms with Crippen molar-refractivity contribution in [1.82, 2.24) is 5.01 Å². The Balaban J connectivity index is 2.61. The molecule has 2 nitrogen and oxygen atoms in total. The minimum Gasteiger partial charge on any atom is -0.291 e. The van der Waals surface area contributed by atoms with Crippen LogP contribution in [0.3, 0.4) is 0 Å². The van der Waals surface area contributed by atoms with E-state index in [1.165, 1.54) is 0 Å². The van der Waals surface area contributed by atoms with Crippen molar-refractivity contribution < 1.29 is 0 Å².